The van der Waals surface area contributed by atoms with E-state index in [0.717, 1.165) is 13.1 Å². The van der Waals surface area contributed by atoms with Gasteiger partial charge in [-0.05, 0) is 12.1 Å². The van der Waals surface area contributed by atoms with E-state index in [4.69, 9.17) is 0 Å². The molecule has 0 radical (unpaired) electrons. The fourth-order valence-corrected chi connectivity index (χ4v) is 1.63. The molecule has 2 rings (SSSR count). The highest BCUT2D eigenvalue weighted by molar-refractivity contribution is 5.95. The van der Waals surface area contributed by atoms with Crippen molar-refractivity contribution in [3.63, 3.8) is 0 Å². The van der Waals surface area contributed by atoms with Gasteiger partial charge in [0, 0.05) is 56.4 Å². The van der Waals surface area contributed by atoms with E-state index in [1.165, 1.54) is 0 Å². The minimum Gasteiger partial charge on any atom is -0.336 e. The molecule has 0 aliphatic carbocycles. The summed E-state index contributed by atoms with van der Waals surface area (Å²) in [5.74, 6) is 0.123. The summed E-state index contributed by atoms with van der Waals surface area (Å²) < 4.78 is 2.00. The zero-order valence-electron chi connectivity index (χ0n) is 10.1. The molecule has 5 nitrogen and oxygen atoms in total. The lowest BCUT2D eigenvalue weighted by Crippen LogP contribution is -2.22. The number of ketones is 1. The Balaban J connectivity index is 1.62. The van der Waals surface area contributed by atoms with Crippen molar-refractivity contribution in [2.75, 3.05) is 13.1 Å². The fraction of sp³-hybridized carbons (Fsp3) is 0.308. The number of hydrogen-bond acceptors (Lipinski definition) is 4. The van der Waals surface area contributed by atoms with E-state index < -0.39 is 0 Å². The molecule has 0 bridgehead atoms. The summed E-state index contributed by atoms with van der Waals surface area (Å²) in [6, 6.07) is 3.57. The monoisotopic (exact) mass is 244 g/mol. The van der Waals surface area contributed by atoms with E-state index in [0.29, 0.717) is 18.5 Å². The molecule has 0 aromatic carbocycles. The smallest absolute Gasteiger partial charge is 0.165 e. The average Bonchev–Trinajstić information content (AvgIpc) is 2.92. The molecule has 94 valence electrons. The van der Waals surface area contributed by atoms with E-state index in [1.54, 1.807) is 37.1 Å². The summed E-state index contributed by atoms with van der Waals surface area (Å²) in [7, 11) is 0. The van der Waals surface area contributed by atoms with Crippen molar-refractivity contribution in [1.29, 1.82) is 0 Å². The van der Waals surface area contributed by atoms with Crippen LogP contribution in [0, 0.1) is 0 Å². The Kier molecular flexibility index (Phi) is 4.60. The summed E-state index contributed by atoms with van der Waals surface area (Å²) in [4.78, 5) is 19.6. The highest BCUT2D eigenvalue weighted by atomic mass is 16.1. The quantitative estimate of drug-likeness (QED) is 0.586. The third-order valence-electron chi connectivity index (χ3n) is 2.62. The van der Waals surface area contributed by atoms with Crippen LogP contribution in [0.25, 0.3) is 0 Å². The van der Waals surface area contributed by atoms with E-state index >= 15 is 0 Å². The number of rotatable bonds is 7. The van der Waals surface area contributed by atoms with E-state index in [-0.39, 0.29) is 5.78 Å². The van der Waals surface area contributed by atoms with Crippen LogP contribution in [0.15, 0.2) is 43.2 Å². The molecule has 0 amide bonds. The van der Waals surface area contributed by atoms with Crippen LogP contribution in [0.3, 0.4) is 0 Å². The first kappa shape index (κ1) is 12.4. The van der Waals surface area contributed by atoms with Crippen LogP contribution in [-0.4, -0.2) is 33.4 Å². The summed E-state index contributed by atoms with van der Waals surface area (Å²) in [6.07, 6.45) is 9.22. The Morgan fingerprint density at radius 1 is 1.28 bits per heavy atom. The molecule has 5 heteroatoms. The number of Topliss-reactive ketones (excluding diaryl/α,β-unsaturated/α-hetero) is 1. The second-order valence-corrected chi connectivity index (χ2v) is 3.97. The molecular weight excluding hydrogens is 228 g/mol. The molecule has 0 unspecified atom stereocenters. The van der Waals surface area contributed by atoms with Gasteiger partial charge in [0.2, 0.25) is 0 Å². The van der Waals surface area contributed by atoms with Gasteiger partial charge in [-0.3, -0.25) is 9.78 Å². The van der Waals surface area contributed by atoms with E-state index in [1.807, 2.05) is 10.8 Å². The lowest BCUT2D eigenvalue weighted by atomic mass is 10.1. The normalized spacial score (nSPS) is 10.4. The summed E-state index contributed by atoms with van der Waals surface area (Å²) >= 11 is 0. The number of aromatic nitrogens is 3. The van der Waals surface area contributed by atoms with Crippen LogP contribution in [0.4, 0.5) is 0 Å². The van der Waals surface area contributed by atoms with Crippen molar-refractivity contribution >= 4 is 5.78 Å². The number of pyridine rings is 1. The number of hydrogen-bond donors (Lipinski definition) is 1. The lowest BCUT2D eigenvalue weighted by molar-refractivity contribution is 0.0982. The fourth-order valence-electron chi connectivity index (χ4n) is 1.63. The maximum Gasteiger partial charge on any atom is 0.165 e. The van der Waals surface area contributed by atoms with Gasteiger partial charge in [0.15, 0.2) is 5.78 Å². The van der Waals surface area contributed by atoms with Gasteiger partial charge >= 0.3 is 0 Å². The molecule has 0 fully saturated rings. The second-order valence-electron chi connectivity index (χ2n) is 3.97. The zero-order valence-corrected chi connectivity index (χ0v) is 10.1. The second kappa shape index (κ2) is 6.66. The zero-order chi connectivity index (χ0) is 12.6. The van der Waals surface area contributed by atoms with Crippen LogP contribution in [0.2, 0.25) is 0 Å². The maximum atomic E-state index is 11.7. The molecule has 0 atom stereocenters. The minimum atomic E-state index is 0.123. The Morgan fingerprint density at radius 2 is 2.22 bits per heavy atom. The standard InChI is InChI=1S/C13H16N4O/c18-13(12-2-1-4-15-10-12)3-5-14-6-8-17-9-7-16-11-17/h1-2,4,7,9-11,14H,3,5-6,8H2. The molecule has 2 aromatic rings. The first-order valence-electron chi connectivity index (χ1n) is 5.96. The van der Waals surface area contributed by atoms with Gasteiger partial charge in [0.05, 0.1) is 6.33 Å². The van der Waals surface area contributed by atoms with Crippen LogP contribution < -0.4 is 5.32 Å². The van der Waals surface area contributed by atoms with Gasteiger partial charge in [-0.25, -0.2) is 4.98 Å². The third-order valence-corrected chi connectivity index (χ3v) is 2.62. The summed E-state index contributed by atoms with van der Waals surface area (Å²) in [6.45, 7) is 2.38. The number of nitrogens with one attached hydrogen (secondary N) is 1. The minimum absolute atomic E-state index is 0.123. The largest absolute Gasteiger partial charge is 0.336 e. The SMILES string of the molecule is O=C(CCNCCn1ccnc1)c1cccnc1. The topological polar surface area (TPSA) is 59.8 Å². The predicted molar refractivity (Wildman–Crippen MR) is 68.3 cm³/mol. The van der Waals surface area contributed by atoms with Crippen molar-refractivity contribution in [3.05, 3.63) is 48.8 Å². The summed E-state index contributed by atoms with van der Waals surface area (Å²) in [5.41, 5.74) is 0.675. The molecule has 2 aromatic heterocycles. The number of imidazole rings is 1. The maximum absolute atomic E-state index is 11.7. The number of carbonyl (C=O) groups is 1. The van der Waals surface area contributed by atoms with Crippen LogP contribution >= 0.6 is 0 Å². The Labute approximate surface area is 106 Å². The average molecular weight is 244 g/mol. The van der Waals surface area contributed by atoms with Crippen LogP contribution in [0.5, 0.6) is 0 Å². The highest BCUT2D eigenvalue weighted by Gasteiger charge is 2.04. The van der Waals surface area contributed by atoms with Crippen LogP contribution in [0.1, 0.15) is 16.8 Å². The third kappa shape index (κ3) is 3.78. The molecular formula is C13H16N4O. The molecule has 0 spiro atoms. The van der Waals surface area contributed by atoms with Crippen molar-refractivity contribution in [2.24, 2.45) is 0 Å². The molecule has 18 heavy (non-hydrogen) atoms. The van der Waals surface area contributed by atoms with E-state index in [2.05, 4.69) is 15.3 Å². The lowest BCUT2D eigenvalue weighted by Gasteiger charge is -2.05. The van der Waals surface area contributed by atoms with Crippen molar-refractivity contribution in [3.8, 4) is 0 Å². The molecule has 0 saturated heterocycles. The van der Waals surface area contributed by atoms with Crippen molar-refractivity contribution < 1.29 is 4.79 Å². The van der Waals surface area contributed by atoms with E-state index in [9.17, 15) is 4.79 Å². The Hall–Kier alpha value is -2.01. The van der Waals surface area contributed by atoms with Gasteiger partial charge in [0.25, 0.3) is 0 Å². The molecule has 0 aliphatic heterocycles. The predicted octanol–water partition coefficient (Wildman–Crippen LogP) is 1.14. The highest BCUT2D eigenvalue weighted by Crippen LogP contribution is 1.99. The molecule has 0 saturated carbocycles. The van der Waals surface area contributed by atoms with Gasteiger partial charge in [0.1, 0.15) is 0 Å². The first-order chi connectivity index (χ1) is 8.86. The molecule has 2 heterocycles. The first-order valence-corrected chi connectivity index (χ1v) is 5.96. The van der Waals surface area contributed by atoms with Crippen LogP contribution in [-0.2, 0) is 6.54 Å². The summed E-state index contributed by atoms with van der Waals surface area (Å²) in [5, 5.41) is 3.23. The van der Waals surface area contributed by atoms with Crippen molar-refractivity contribution in [1.82, 2.24) is 19.9 Å². The van der Waals surface area contributed by atoms with Crippen molar-refractivity contribution in [2.45, 2.75) is 13.0 Å². The van der Waals surface area contributed by atoms with Gasteiger partial charge in [-0.2, -0.15) is 0 Å². The Bertz CT molecular complexity index is 467. The molecule has 0 aliphatic rings. The number of nitrogens with zero attached hydrogens (tertiary/aromatic N) is 3. The Morgan fingerprint density at radius 3 is 2.94 bits per heavy atom. The van der Waals surface area contributed by atoms with Gasteiger partial charge in [-0.15, -0.1) is 0 Å². The van der Waals surface area contributed by atoms with Gasteiger partial charge in [-0.1, -0.05) is 0 Å². The molecule has 1 N–H and O–H groups in total. The van der Waals surface area contributed by atoms with Gasteiger partial charge < -0.3 is 9.88 Å². The number of carbonyl (C=O) groups excluding carboxylic acids is 1.